The molecule has 0 bridgehead atoms. The van der Waals surface area contributed by atoms with Gasteiger partial charge in [-0.1, -0.05) is 29.8 Å². The lowest BCUT2D eigenvalue weighted by atomic mass is 9.96. The number of rotatable bonds is 4. The predicted molar refractivity (Wildman–Crippen MR) is 100 cm³/mol. The van der Waals surface area contributed by atoms with Crippen molar-refractivity contribution in [2.24, 2.45) is 5.92 Å². The largest absolute Gasteiger partial charge is 0.486 e. The van der Waals surface area contributed by atoms with Crippen molar-refractivity contribution in [3.05, 3.63) is 47.6 Å². The number of hydrogen-bond acceptors (Lipinski definition) is 4. The summed E-state index contributed by atoms with van der Waals surface area (Å²) in [6.07, 6.45) is 11.2. The number of halogens is 1. The summed E-state index contributed by atoms with van der Waals surface area (Å²) in [7, 11) is 0. The first-order valence-corrected chi connectivity index (χ1v) is 9.53. The molecular weight excluding hydrogens is 336 g/mol. The summed E-state index contributed by atoms with van der Waals surface area (Å²) in [4.78, 5) is 4.91. The van der Waals surface area contributed by atoms with Gasteiger partial charge in [-0.3, -0.25) is 4.90 Å². The third-order valence-corrected chi connectivity index (χ3v) is 5.48. The van der Waals surface area contributed by atoms with E-state index in [1.165, 1.54) is 19.4 Å². The van der Waals surface area contributed by atoms with E-state index in [9.17, 15) is 0 Å². The standard InChI is InChI=1S/C20H25ClN2O2/c21-18-5-4-6-19-20(18)25-17(15-24-19)14-23-11-7-16(8-12-23)13-22-9-2-1-3-10-22/h1-6,9,16-17H,7-8,10-15H2/t17-/m0/s1. The van der Waals surface area contributed by atoms with E-state index in [4.69, 9.17) is 21.1 Å². The quantitative estimate of drug-likeness (QED) is 0.819. The van der Waals surface area contributed by atoms with Crippen molar-refractivity contribution in [2.75, 3.05) is 39.3 Å². The van der Waals surface area contributed by atoms with Crippen LogP contribution in [0.1, 0.15) is 12.8 Å². The molecule has 0 aliphatic carbocycles. The summed E-state index contributed by atoms with van der Waals surface area (Å²) in [5.74, 6) is 2.23. The second kappa shape index (κ2) is 7.71. The maximum Gasteiger partial charge on any atom is 0.180 e. The molecule has 134 valence electrons. The zero-order valence-corrected chi connectivity index (χ0v) is 15.2. The molecule has 0 saturated carbocycles. The fraction of sp³-hybridized carbons (Fsp3) is 0.500. The third kappa shape index (κ3) is 4.13. The summed E-state index contributed by atoms with van der Waals surface area (Å²) in [6.45, 7) is 5.98. The van der Waals surface area contributed by atoms with Gasteiger partial charge < -0.3 is 14.4 Å². The van der Waals surface area contributed by atoms with E-state index in [1.54, 1.807) is 0 Å². The van der Waals surface area contributed by atoms with E-state index in [0.29, 0.717) is 17.4 Å². The minimum atomic E-state index is 0.0547. The van der Waals surface area contributed by atoms with Crippen molar-refractivity contribution in [1.29, 1.82) is 0 Å². The lowest BCUT2D eigenvalue weighted by Gasteiger charge is -2.37. The molecule has 1 fully saturated rings. The Hall–Kier alpha value is -1.65. The normalized spacial score (nSPS) is 23.9. The second-order valence-corrected chi connectivity index (χ2v) is 7.49. The molecule has 25 heavy (non-hydrogen) atoms. The third-order valence-electron chi connectivity index (χ3n) is 5.19. The van der Waals surface area contributed by atoms with Gasteiger partial charge in [0.05, 0.1) is 5.02 Å². The van der Waals surface area contributed by atoms with Crippen LogP contribution in [0.3, 0.4) is 0 Å². The first kappa shape index (κ1) is 16.8. The molecule has 1 aromatic carbocycles. The van der Waals surface area contributed by atoms with Crippen LogP contribution in [0, 0.1) is 5.92 Å². The minimum Gasteiger partial charge on any atom is -0.486 e. The number of nitrogens with zero attached hydrogens (tertiary/aromatic N) is 2. The number of piperidine rings is 1. The van der Waals surface area contributed by atoms with Crippen molar-refractivity contribution >= 4 is 11.6 Å². The van der Waals surface area contributed by atoms with Crippen LogP contribution in [0.5, 0.6) is 11.5 Å². The Balaban J connectivity index is 1.24. The molecule has 1 aromatic rings. The molecule has 0 N–H and O–H groups in total. The summed E-state index contributed by atoms with van der Waals surface area (Å²) in [6, 6.07) is 5.65. The van der Waals surface area contributed by atoms with Gasteiger partial charge in [0.1, 0.15) is 12.7 Å². The van der Waals surface area contributed by atoms with Crippen LogP contribution in [0.15, 0.2) is 42.6 Å². The van der Waals surface area contributed by atoms with Gasteiger partial charge in [0.25, 0.3) is 0 Å². The van der Waals surface area contributed by atoms with Crippen molar-refractivity contribution in [3.8, 4) is 11.5 Å². The van der Waals surface area contributed by atoms with Crippen LogP contribution < -0.4 is 9.47 Å². The zero-order valence-electron chi connectivity index (χ0n) is 14.4. The second-order valence-electron chi connectivity index (χ2n) is 7.09. The van der Waals surface area contributed by atoms with Crippen molar-refractivity contribution in [3.63, 3.8) is 0 Å². The fourth-order valence-electron chi connectivity index (χ4n) is 3.80. The summed E-state index contributed by atoms with van der Waals surface area (Å²) < 4.78 is 11.9. The Labute approximate surface area is 154 Å². The number of likely N-dealkylation sites (tertiary alicyclic amines) is 1. The molecule has 4 nitrogen and oxygen atoms in total. The number of allylic oxidation sites excluding steroid dienone is 2. The lowest BCUT2D eigenvalue weighted by molar-refractivity contribution is 0.0462. The average Bonchev–Trinajstić information content (AvgIpc) is 2.65. The van der Waals surface area contributed by atoms with Gasteiger partial charge in [0.15, 0.2) is 11.5 Å². The molecule has 1 atom stereocenters. The van der Waals surface area contributed by atoms with Gasteiger partial charge in [-0.05, 0) is 56.3 Å². The number of ether oxygens (including phenoxy) is 2. The number of hydrogen-bond donors (Lipinski definition) is 0. The van der Waals surface area contributed by atoms with Crippen molar-refractivity contribution in [1.82, 2.24) is 9.80 Å². The molecule has 3 aliphatic heterocycles. The average molecular weight is 361 g/mol. The van der Waals surface area contributed by atoms with Crippen LogP contribution in [0.2, 0.25) is 5.02 Å². The van der Waals surface area contributed by atoms with Crippen LogP contribution in [-0.2, 0) is 0 Å². The Morgan fingerprint density at radius 3 is 2.80 bits per heavy atom. The Bertz CT molecular complexity index is 653. The van der Waals surface area contributed by atoms with E-state index in [-0.39, 0.29) is 6.10 Å². The first-order valence-electron chi connectivity index (χ1n) is 9.15. The molecule has 1 saturated heterocycles. The van der Waals surface area contributed by atoms with Gasteiger partial charge in [0, 0.05) is 19.6 Å². The molecule has 3 aliphatic rings. The van der Waals surface area contributed by atoms with E-state index >= 15 is 0 Å². The van der Waals surface area contributed by atoms with E-state index < -0.39 is 0 Å². The summed E-state index contributed by atoms with van der Waals surface area (Å²) >= 11 is 6.23. The lowest BCUT2D eigenvalue weighted by Crippen LogP contribution is -2.45. The highest BCUT2D eigenvalue weighted by Crippen LogP contribution is 2.38. The monoisotopic (exact) mass is 360 g/mol. The number of para-hydroxylation sites is 1. The predicted octanol–water partition coefficient (Wildman–Crippen LogP) is 3.58. The van der Waals surface area contributed by atoms with E-state index in [0.717, 1.165) is 37.8 Å². The van der Waals surface area contributed by atoms with Gasteiger partial charge in [-0.25, -0.2) is 0 Å². The van der Waals surface area contributed by atoms with Crippen LogP contribution in [0.4, 0.5) is 0 Å². The van der Waals surface area contributed by atoms with Crippen LogP contribution >= 0.6 is 11.6 Å². The van der Waals surface area contributed by atoms with Crippen molar-refractivity contribution in [2.45, 2.75) is 18.9 Å². The molecule has 5 heteroatoms. The van der Waals surface area contributed by atoms with E-state index in [2.05, 4.69) is 34.2 Å². The van der Waals surface area contributed by atoms with Crippen LogP contribution in [0.25, 0.3) is 0 Å². The van der Waals surface area contributed by atoms with E-state index in [1.807, 2.05) is 18.2 Å². The topological polar surface area (TPSA) is 24.9 Å². The molecule has 0 radical (unpaired) electrons. The number of benzene rings is 1. The highest BCUT2D eigenvalue weighted by Gasteiger charge is 2.27. The maximum absolute atomic E-state index is 6.23. The molecule has 3 heterocycles. The molecule has 0 aromatic heterocycles. The SMILES string of the molecule is Clc1cccc2c1O[C@@H](CN1CCC(CN3C=CC=CC3)CC1)CO2. The van der Waals surface area contributed by atoms with Gasteiger partial charge >= 0.3 is 0 Å². The minimum absolute atomic E-state index is 0.0547. The molecular formula is C20H25ClN2O2. The Morgan fingerprint density at radius 2 is 2.00 bits per heavy atom. The highest BCUT2D eigenvalue weighted by atomic mass is 35.5. The zero-order chi connectivity index (χ0) is 17.1. The van der Waals surface area contributed by atoms with Gasteiger partial charge in [-0.15, -0.1) is 0 Å². The molecule has 0 spiro atoms. The van der Waals surface area contributed by atoms with Gasteiger partial charge in [0.2, 0.25) is 0 Å². The van der Waals surface area contributed by atoms with Crippen molar-refractivity contribution < 1.29 is 9.47 Å². The molecule has 0 unspecified atom stereocenters. The number of fused-ring (bicyclic) bond motifs is 1. The smallest absolute Gasteiger partial charge is 0.180 e. The summed E-state index contributed by atoms with van der Waals surface area (Å²) in [5, 5.41) is 0.629. The molecule has 0 amide bonds. The molecule has 4 rings (SSSR count). The first-order chi connectivity index (χ1) is 12.3. The highest BCUT2D eigenvalue weighted by molar-refractivity contribution is 6.32. The fourth-order valence-corrected chi connectivity index (χ4v) is 4.01. The van der Waals surface area contributed by atoms with Gasteiger partial charge in [-0.2, -0.15) is 0 Å². The Kier molecular flexibility index (Phi) is 5.18. The summed E-state index contributed by atoms with van der Waals surface area (Å²) in [5.41, 5.74) is 0. The Morgan fingerprint density at radius 1 is 1.12 bits per heavy atom. The van der Waals surface area contributed by atoms with Crippen LogP contribution in [-0.4, -0.2) is 55.2 Å². The maximum atomic E-state index is 6.23.